The van der Waals surface area contributed by atoms with Gasteiger partial charge in [-0.05, 0) is 67.6 Å². The van der Waals surface area contributed by atoms with Crippen molar-refractivity contribution in [3.05, 3.63) is 114 Å². The van der Waals surface area contributed by atoms with Crippen LogP contribution in [0.1, 0.15) is 22.9 Å². The summed E-state index contributed by atoms with van der Waals surface area (Å²) in [6.45, 7) is 1.86. The van der Waals surface area contributed by atoms with Crippen LogP contribution in [-0.4, -0.2) is 23.9 Å². The summed E-state index contributed by atoms with van der Waals surface area (Å²) < 4.78 is 16.9. The van der Waals surface area contributed by atoms with Gasteiger partial charge in [-0.15, -0.1) is 0 Å². The first-order valence-corrected chi connectivity index (χ1v) is 11.3. The van der Waals surface area contributed by atoms with Crippen molar-refractivity contribution in [2.24, 2.45) is 0 Å². The van der Waals surface area contributed by atoms with E-state index in [1.165, 1.54) is 18.3 Å². The summed E-state index contributed by atoms with van der Waals surface area (Å²) in [5.41, 5.74) is 1.55. The average Bonchev–Trinajstić information content (AvgIpc) is 3.52. The van der Waals surface area contributed by atoms with E-state index in [4.69, 9.17) is 13.9 Å². The highest BCUT2D eigenvalue weighted by Gasteiger charge is 2.48. The predicted octanol–water partition coefficient (Wildman–Crippen LogP) is 6.02. The van der Waals surface area contributed by atoms with Crippen LogP contribution < -0.4 is 14.4 Å². The molecule has 7 heteroatoms. The van der Waals surface area contributed by atoms with E-state index in [0.29, 0.717) is 34.3 Å². The van der Waals surface area contributed by atoms with Crippen LogP contribution in [0.5, 0.6) is 17.2 Å². The van der Waals surface area contributed by atoms with E-state index >= 15 is 0 Å². The Balaban J connectivity index is 1.59. The van der Waals surface area contributed by atoms with E-state index in [9.17, 15) is 14.7 Å². The van der Waals surface area contributed by atoms with Gasteiger partial charge in [0.05, 0.1) is 24.5 Å². The molecule has 1 fully saturated rings. The largest absolute Gasteiger partial charge is 0.507 e. The number of benzene rings is 3. The van der Waals surface area contributed by atoms with Crippen LogP contribution in [-0.2, 0) is 9.59 Å². The number of hydrogen-bond acceptors (Lipinski definition) is 6. The maximum absolute atomic E-state index is 13.3. The van der Waals surface area contributed by atoms with E-state index in [-0.39, 0.29) is 11.3 Å². The maximum Gasteiger partial charge on any atom is 0.300 e. The lowest BCUT2D eigenvalue weighted by atomic mass is 9.97. The molecule has 0 saturated carbocycles. The van der Waals surface area contributed by atoms with Gasteiger partial charge in [0.15, 0.2) is 0 Å². The number of carbonyl (C=O) groups is 2. The van der Waals surface area contributed by atoms with Gasteiger partial charge < -0.3 is 19.0 Å². The molecule has 5 rings (SSSR count). The maximum atomic E-state index is 13.3. The quantitative estimate of drug-likeness (QED) is 0.206. The third-order valence-electron chi connectivity index (χ3n) is 5.96. The minimum Gasteiger partial charge on any atom is -0.507 e. The first kappa shape index (κ1) is 23.0. The predicted molar refractivity (Wildman–Crippen MR) is 134 cm³/mol. The third kappa shape index (κ3) is 4.11. The summed E-state index contributed by atoms with van der Waals surface area (Å²) in [6.07, 6.45) is 1.46. The second kappa shape index (κ2) is 9.46. The summed E-state index contributed by atoms with van der Waals surface area (Å²) in [5, 5.41) is 11.3. The summed E-state index contributed by atoms with van der Waals surface area (Å²) in [6, 6.07) is 23.7. The van der Waals surface area contributed by atoms with Gasteiger partial charge in [-0.3, -0.25) is 14.5 Å². The molecule has 1 aliphatic rings. The highest BCUT2D eigenvalue weighted by atomic mass is 16.5. The first-order chi connectivity index (χ1) is 17.5. The monoisotopic (exact) mass is 481 g/mol. The normalized spacial score (nSPS) is 16.8. The van der Waals surface area contributed by atoms with Gasteiger partial charge in [0, 0.05) is 5.69 Å². The number of furan rings is 1. The van der Waals surface area contributed by atoms with Crippen molar-refractivity contribution in [2.75, 3.05) is 12.0 Å². The molecule has 1 aliphatic heterocycles. The lowest BCUT2D eigenvalue weighted by molar-refractivity contribution is -0.132. The van der Waals surface area contributed by atoms with Crippen LogP contribution in [0.25, 0.3) is 5.76 Å². The number of methoxy groups -OCH3 is 1. The van der Waals surface area contributed by atoms with E-state index in [1.807, 2.05) is 43.3 Å². The number of nitrogens with zero attached hydrogens (tertiary/aromatic N) is 1. The molecule has 2 heterocycles. The molecule has 0 radical (unpaired) electrons. The molecule has 1 N–H and O–H groups in total. The zero-order chi connectivity index (χ0) is 25.2. The van der Waals surface area contributed by atoms with Crippen molar-refractivity contribution in [3.8, 4) is 17.2 Å². The molecule has 180 valence electrons. The SMILES string of the molecule is COc1ccc(C)cc1/C(O)=C1/C(=O)C(=O)N(c2ccc(Oc3ccccc3)cc2)C1c1ccco1. The molecular formula is C29H23NO6. The molecule has 0 bridgehead atoms. The van der Waals surface area contributed by atoms with Crippen molar-refractivity contribution in [2.45, 2.75) is 13.0 Å². The standard InChI is InChI=1S/C29H23NO6/c1-18-10-15-23(34-2)22(17-18)27(31)25-26(24-9-6-16-35-24)30(29(33)28(25)32)19-11-13-21(14-12-19)36-20-7-4-3-5-8-20/h3-17,26,31H,1-2H3/b27-25-. The third-order valence-corrected chi connectivity index (χ3v) is 5.96. The topological polar surface area (TPSA) is 89.2 Å². The summed E-state index contributed by atoms with van der Waals surface area (Å²) in [5.74, 6) is 0.0380. The van der Waals surface area contributed by atoms with Gasteiger partial charge in [-0.25, -0.2) is 0 Å². The smallest absolute Gasteiger partial charge is 0.300 e. The minimum atomic E-state index is -0.967. The molecule has 36 heavy (non-hydrogen) atoms. The van der Waals surface area contributed by atoms with Crippen LogP contribution in [0.2, 0.25) is 0 Å². The van der Waals surface area contributed by atoms with Gasteiger partial charge in [0.2, 0.25) is 0 Å². The van der Waals surface area contributed by atoms with Crippen LogP contribution in [0.3, 0.4) is 0 Å². The summed E-state index contributed by atoms with van der Waals surface area (Å²) in [7, 11) is 1.48. The highest BCUT2D eigenvalue weighted by molar-refractivity contribution is 6.51. The number of para-hydroxylation sites is 1. The van der Waals surface area contributed by atoms with Gasteiger partial charge in [0.25, 0.3) is 11.7 Å². The first-order valence-electron chi connectivity index (χ1n) is 11.3. The van der Waals surface area contributed by atoms with Gasteiger partial charge in [-0.2, -0.15) is 0 Å². The number of anilines is 1. The fourth-order valence-electron chi connectivity index (χ4n) is 4.27. The number of aliphatic hydroxyl groups is 1. The molecule has 4 aromatic rings. The Morgan fingerprint density at radius 2 is 1.64 bits per heavy atom. The second-order valence-corrected chi connectivity index (χ2v) is 8.30. The Kier molecular flexibility index (Phi) is 6.04. The molecule has 3 aromatic carbocycles. The number of ether oxygens (including phenoxy) is 2. The van der Waals surface area contributed by atoms with Crippen LogP contribution >= 0.6 is 0 Å². The number of aryl methyl sites for hydroxylation is 1. The molecule has 1 atom stereocenters. The number of Topliss-reactive ketones (excluding diaryl/α,β-unsaturated/α-hetero) is 1. The van der Waals surface area contributed by atoms with E-state index in [0.717, 1.165) is 5.56 Å². The molecule has 0 aliphatic carbocycles. The van der Waals surface area contributed by atoms with Crippen LogP contribution in [0, 0.1) is 6.92 Å². The van der Waals surface area contributed by atoms with E-state index in [2.05, 4.69) is 0 Å². The van der Waals surface area contributed by atoms with Gasteiger partial charge >= 0.3 is 0 Å². The van der Waals surface area contributed by atoms with Crippen LogP contribution in [0.15, 0.2) is 101 Å². The zero-order valence-corrected chi connectivity index (χ0v) is 19.7. The van der Waals surface area contributed by atoms with Gasteiger partial charge in [0.1, 0.15) is 34.8 Å². The number of carbonyl (C=O) groups excluding carboxylic acids is 2. The average molecular weight is 482 g/mol. The van der Waals surface area contributed by atoms with Crippen molar-refractivity contribution >= 4 is 23.1 Å². The Morgan fingerprint density at radius 1 is 0.917 bits per heavy atom. The lowest BCUT2D eigenvalue weighted by Gasteiger charge is -2.23. The summed E-state index contributed by atoms with van der Waals surface area (Å²) in [4.78, 5) is 27.9. The molecule has 1 saturated heterocycles. The van der Waals surface area contributed by atoms with Crippen molar-refractivity contribution in [1.82, 2.24) is 0 Å². The number of amides is 1. The minimum absolute atomic E-state index is 0.0801. The number of ketones is 1. The fraction of sp³-hybridized carbons (Fsp3) is 0.103. The molecular weight excluding hydrogens is 458 g/mol. The summed E-state index contributed by atoms with van der Waals surface area (Å²) >= 11 is 0. The number of aliphatic hydroxyl groups excluding tert-OH is 1. The molecule has 1 aromatic heterocycles. The number of hydrogen-bond donors (Lipinski definition) is 1. The van der Waals surface area contributed by atoms with Gasteiger partial charge in [-0.1, -0.05) is 29.8 Å². The lowest BCUT2D eigenvalue weighted by Crippen LogP contribution is -2.29. The Bertz CT molecular complexity index is 1440. The van der Waals surface area contributed by atoms with Crippen molar-refractivity contribution in [1.29, 1.82) is 0 Å². The fourth-order valence-corrected chi connectivity index (χ4v) is 4.27. The Morgan fingerprint density at radius 3 is 2.31 bits per heavy atom. The molecule has 0 spiro atoms. The van der Waals surface area contributed by atoms with E-state index < -0.39 is 17.7 Å². The Hall–Kier alpha value is -4.78. The Labute approximate surface area is 207 Å². The van der Waals surface area contributed by atoms with E-state index in [1.54, 1.807) is 48.5 Å². The van der Waals surface area contributed by atoms with Crippen molar-refractivity contribution in [3.63, 3.8) is 0 Å². The van der Waals surface area contributed by atoms with Crippen molar-refractivity contribution < 1.29 is 28.6 Å². The highest BCUT2D eigenvalue weighted by Crippen LogP contribution is 2.43. The molecule has 1 unspecified atom stereocenters. The van der Waals surface area contributed by atoms with Crippen LogP contribution in [0.4, 0.5) is 5.69 Å². The molecule has 7 nitrogen and oxygen atoms in total. The molecule has 1 amide bonds. The second-order valence-electron chi connectivity index (χ2n) is 8.30. The number of rotatable bonds is 6. The zero-order valence-electron chi connectivity index (χ0n) is 19.7.